The van der Waals surface area contributed by atoms with Crippen molar-refractivity contribution in [3.63, 3.8) is 0 Å². The molecule has 3 rings (SSSR count). The van der Waals surface area contributed by atoms with Crippen LogP contribution in [0.15, 0.2) is 23.2 Å². The van der Waals surface area contributed by atoms with Gasteiger partial charge in [0, 0.05) is 5.39 Å². The molecule has 0 bridgehead atoms. The van der Waals surface area contributed by atoms with Gasteiger partial charge in [-0.05, 0) is 49.4 Å². The maximum absolute atomic E-state index is 12.2. The number of rotatable bonds is 6. The van der Waals surface area contributed by atoms with Crippen molar-refractivity contribution in [2.45, 2.75) is 45.6 Å². The molecule has 7 heteroatoms. The number of thioether (sulfide) groups is 1. The quantitative estimate of drug-likeness (QED) is 0.629. The number of anilines is 1. The first-order valence-corrected chi connectivity index (χ1v) is 10.5. The van der Waals surface area contributed by atoms with Crippen LogP contribution in [-0.4, -0.2) is 26.8 Å². The molecule has 0 aliphatic heterocycles. The van der Waals surface area contributed by atoms with Gasteiger partial charge in [-0.25, -0.2) is 4.98 Å². The zero-order chi connectivity index (χ0) is 18.7. The normalized spacial score (nSPS) is 11.1. The lowest BCUT2D eigenvalue weighted by Gasteiger charge is -2.11. The molecule has 5 nitrogen and oxygen atoms in total. The van der Waals surface area contributed by atoms with Crippen molar-refractivity contribution in [1.82, 2.24) is 15.2 Å². The summed E-state index contributed by atoms with van der Waals surface area (Å²) in [5, 5.41) is 14.4. The summed E-state index contributed by atoms with van der Waals surface area (Å²) in [5.41, 5.74) is 4.60. The van der Waals surface area contributed by atoms with Crippen LogP contribution in [0.3, 0.4) is 0 Å². The lowest BCUT2D eigenvalue weighted by molar-refractivity contribution is -0.113. The van der Waals surface area contributed by atoms with Gasteiger partial charge in [-0.3, -0.25) is 10.1 Å². The summed E-state index contributed by atoms with van der Waals surface area (Å²) in [7, 11) is 0. The van der Waals surface area contributed by atoms with Gasteiger partial charge in [0.25, 0.3) is 0 Å². The Morgan fingerprint density at radius 2 is 2.00 bits per heavy atom. The van der Waals surface area contributed by atoms with E-state index in [9.17, 15) is 4.79 Å². The second-order valence-corrected chi connectivity index (χ2v) is 8.10. The lowest BCUT2D eigenvalue weighted by atomic mass is 10.0. The molecule has 0 fully saturated rings. The first kappa shape index (κ1) is 18.8. The van der Waals surface area contributed by atoms with Gasteiger partial charge in [0.2, 0.25) is 11.0 Å². The summed E-state index contributed by atoms with van der Waals surface area (Å²) in [6, 6.07) is 6.44. The van der Waals surface area contributed by atoms with E-state index in [1.165, 1.54) is 39.8 Å². The zero-order valence-corrected chi connectivity index (χ0v) is 17.1. The minimum absolute atomic E-state index is 0.0845. The molecule has 1 aromatic carbocycles. The van der Waals surface area contributed by atoms with Gasteiger partial charge in [0.1, 0.15) is 10.0 Å². The van der Waals surface area contributed by atoms with E-state index in [4.69, 9.17) is 4.98 Å². The molecular formula is C19H22N4OS2. The molecule has 0 saturated carbocycles. The number of benzene rings is 1. The van der Waals surface area contributed by atoms with E-state index in [0.29, 0.717) is 10.9 Å². The first-order chi connectivity index (χ1) is 12.5. The molecule has 0 spiro atoms. The number of nitrogens with zero attached hydrogens (tertiary/aromatic N) is 3. The van der Waals surface area contributed by atoms with Crippen molar-refractivity contribution in [3.05, 3.63) is 39.9 Å². The van der Waals surface area contributed by atoms with Crippen LogP contribution in [0.4, 0.5) is 5.13 Å². The summed E-state index contributed by atoms with van der Waals surface area (Å²) in [6.07, 6.45) is 1.71. The van der Waals surface area contributed by atoms with E-state index in [-0.39, 0.29) is 5.91 Å². The predicted octanol–water partition coefficient (Wildman–Crippen LogP) is 4.56. The molecule has 0 radical (unpaired) electrons. The van der Waals surface area contributed by atoms with Gasteiger partial charge in [-0.15, -0.1) is 10.2 Å². The SMILES string of the molecule is CCc1nnc(NC(=O)CSc2nc3c(C)c(C)ccc3cc2CC)s1. The highest BCUT2D eigenvalue weighted by atomic mass is 32.2. The topological polar surface area (TPSA) is 67.8 Å². The fourth-order valence-electron chi connectivity index (χ4n) is 2.62. The Morgan fingerprint density at radius 1 is 1.19 bits per heavy atom. The Kier molecular flexibility index (Phi) is 5.88. The number of hydrogen-bond acceptors (Lipinski definition) is 6. The van der Waals surface area contributed by atoms with E-state index >= 15 is 0 Å². The highest BCUT2D eigenvalue weighted by Crippen LogP contribution is 2.28. The lowest BCUT2D eigenvalue weighted by Crippen LogP contribution is -2.14. The molecule has 3 aromatic rings. The molecule has 1 N–H and O–H groups in total. The van der Waals surface area contributed by atoms with Crippen LogP contribution >= 0.6 is 23.1 Å². The average Bonchev–Trinajstić information content (AvgIpc) is 3.10. The van der Waals surface area contributed by atoms with Crippen LogP contribution in [0.2, 0.25) is 0 Å². The molecule has 0 aliphatic rings. The highest BCUT2D eigenvalue weighted by molar-refractivity contribution is 8.00. The van der Waals surface area contributed by atoms with Gasteiger partial charge in [-0.2, -0.15) is 0 Å². The molecule has 136 valence electrons. The summed E-state index contributed by atoms with van der Waals surface area (Å²) in [6.45, 7) is 8.32. The van der Waals surface area contributed by atoms with Gasteiger partial charge in [0.05, 0.1) is 11.3 Å². The van der Waals surface area contributed by atoms with Crippen LogP contribution in [-0.2, 0) is 17.6 Å². The van der Waals surface area contributed by atoms with Crippen molar-refractivity contribution in [1.29, 1.82) is 0 Å². The molecule has 1 amide bonds. The van der Waals surface area contributed by atoms with Crippen molar-refractivity contribution in [2.24, 2.45) is 0 Å². The number of carbonyl (C=O) groups is 1. The molecule has 0 saturated heterocycles. The summed E-state index contributed by atoms with van der Waals surface area (Å²) < 4.78 is 0. The zero-order valence-electron chi connectivity index (χ0n) is 15.4. The second kappa shape index (κ2) is 8.14. The Hall–Kier alpha value is -1.99. The van der Waals surface area contributed by atoms with Crippen molar-refractivity contribution < 1.29 is 4.79 Å². The van der Waals surface area contributed by atoms with Gasteiger partial charge in [-0.1, -0.05) is 49.1 Å². The Labute approximate surface area is 161 Å². The van der Waals surface area contributed by atoms with E-state index in [1.807, 2.05) is 6.92 Å². The monoisotopic (exact) mass is 386 g/mol. The Balaban J connectivity index is 1.76. The number of hydrogen-bond donors (Lipinski definition) is 1. The van der Waals surface area contributed by atoms with Crippen LogP contribution in [0.1, 0.15) is 35.5 Å². The van der Waals surface area contributed by atoms with Crippen LogP contribution in [0.5, 0.6) is 0 Å². The number of nitrogens with one attached hydrogen (secondary N) is 1. The van der Waals surface area contributed by atoms with E-state index in [0.717, 1.165) is 33.8 Å². The number of aromatic nitrogens is 3. The van der Waals surface area contributed by atoms with Gasteiger partial charge in [0.15, 0.2) is 0 Å². The van der Waals surface area contributed by atoms with Crippen molar-refractivity contribution in [3.8, 4) is 0 Å². The van der Waals surface area contributed by atoms with Gasteiger partial charge < -0.3 is 0 Å². The second-order valence-electron chi connectivity index (χ2n) is 6.08. The maximum Gasteiger partial charge on any atom is 0.236 e. The molecule has 0 atom stereocenters. The average molecular weight is 387 g/mol. The minimum atomic E-state index is -0.0845. The van der Waals surface area contributed by atoms with Crippen LogP contribution in [0, 0.1) is 13.8 Å². The standard InChI is InChI=1S/C19H22N4OS2/c1-5-13-9-14-8-7-11(3)12(4)17(14)21-18(13)25-10-15(24)20-19-23-22-16(6-2)26-19/h7-9H,5-6,10H2,1-4H3,(H,20,23,24). The largest absolute Gasteiger partial charge is 0.300 e. The third-order valence-corrected chi connectivity index (χ3v) is 6.30. The van der Waals surface area contributed by atoms with Crippen LogP contribution < -0.4 is 5.32 Å². The fraction of sp³-hybridized carbons (Fsp3) is 0.368. The molecule has 2 aromatic heterocycles. The molecule has 0 unspecified atom stereocenters. The Morgan fingerprint density at radius 3 is 2.69 bits per heavy atom. The Bertz CT molecular complexity index is 952. The minimum Gasteiger partial charge on any atom is -0.300 e. The third-order valence-electron chi connectivity index (χ3n) is 4.29. The van der Waals surface area contributed by atoms with Gasteiger partial charge >= 0.3 is 0 Å². The third kappa shape index (κ3) is 4.04. The molecule has 2 heterocycles. The molecule has 26 heavy (non-hydrogen) atoms. The summed E-state index contributed by atoms with van der Waals surface area (Å²) in [4.78, 5) is 17.1. The maximum atomic E-state index is 12.2. The van der Waals surface area contributed by atoms with Crippen LogP contribution in [0.25, 0.3) is 10.9 Å². The smallest absolute Gasteiger partial charge is 0.236 e. The van der Waals surface area contributed by atoms with E-state index < -0.39 is 0 Å². The number of carbonyl (C=O) groups excluding carboxylic acids is 1. The first-order valence-electron chi connectivity index (χ1n) is 8.66. The van der Waals surface area contributed by atoms with Crippen molar-refractivity contribution >= 4 is 45.0 Å². The summed E-state index contributed by atoms with van der Waals surface area (Å²) >= 11 is 2.89. The molecule has 0 aliphatic carbocycles. The number of pyridine rings is 1. The van der Waals surface area contributed by atoms with Crippen molar-refractivity contribution in [2.75, 3.05) is 11.1 Å². The summed E-state index contributed by atoms with van der Waals surface area (Å²) in [5.74, 6) is 0.218. The number of amides is 1. The van der Waals surface area contributed by atoms with E-state index in [1.54, 1.807) is 0 Å². The predicted molar refractivity (Wildman–Crippen MR) is 109 cm³/mol. The van der Waals surface area contributed by atoms with E-state index in [2.05, 4.69) is 54.5 Å². The number of aryl methyl sites for hydroxylation is 4. The fourth-order valence-corrected chi connectivity index (χ4v) is 4.20. The number of fused-ring (bicyclic) bond motifs is 1. The highest BCUT2D eigenvalue weighted by Gasteiger charge is 2.13. The molecular weight excluding hydrogens is 364 g/mol.